The Balaban J connectivity index is 0.00000576. The van der Waals surface area contributed by atoms with Crippen LogP contribution >= 0.6 is 24.0 Å². The summed E-state index contributed by atoms with van der Waals surface area (Å²) in [6.45, 7) is 11.3. The lowest BCUT2D eigenvalue weighted by Crippen LogP contribution is -2.42. The zero-order chi connectivity index (χ0) is 17.8. The summed E-state index contributed by atoms with van der Waals surface area (Å²) in [4.78, 5) is 18.2. The van der Waals surface area contributed by atoms with E-state index in [1.807, 2.05) is 20.8 Å². The lowest BCUT2D eigenvalue weighted by molar-refractivity contribution is 0.0529. The molecule has 1 aliphatic rings. The molecular weight excluding hydrogens is 433 g/mol. The fourth-order valence-electron chi connectivity index (χ4n) is 2.55. The Morgan fingerprint density at radius 3 is 2.24 bits per heavy atom. The molecule has 148 valence electrons. The van der Waals surface area contributed by atoms with Crippen molar-refractivity contribution in [1.29, 1.82) is 0 Å². The summed E-state index contributed by atoms with van der Waals surface area (Å²) in [5, 5.41) is 9.19. The Morgan fingerprint density at radius 1 is 1.04 bits per heavy atom. The van der Waals surface area contributed by atoms with E-state index in [0.29, 0.717) is 13.1 Å². The molecule has 0 aromatic rings. The van der Waals surface area contributed by atoms with Crippen LogP contribution in [0.5, 0.6) is 0 Å². The van der Waals surface area contributed by atoms with Crippen molar-refractivity contribution in [3.05, 3.63) is 0 Å². The van der Waals surface area contributed by atoms with Gasteiger partial charge in [-0.05, 0) is 66.1 Å². The van der Waals surface area contributed by atoms with E-state index >= 15 is 0 Å². The van der Waals surface area contributed by atoms with E-state index in [1.165, 1.54) is 38.9 Å². The van der Waals surface area contributed by atoms with Gasteiger partial charge in [-0.25, -0.2) is 4.79 Å². The Labute approximate surface area is 169 Å². The van der Waals surface area contributed by atoms with Crippen LogP contribution in [0.3, 0.4) is 0 Å². The van der Waals surface area contributed by atoms with E-state index in [9.17, 15) is 4.79 Å². The maximum Gasteiger partial charge on any atom is 0.407 e. The molecule has 0 bridgehead atoms. The Kier molecular flexibility index (Phi) is 13.0. The minimum absolute atomic E-state index is 0. The van der Waals surface area contributed by atoms with Crippen LogP contribution in [0.4, 0.5) is 4.79 Å². The first kappa shape index (κ1) is 24.2. The number of likely N-dealkylation sites (tertiary alicyclic amines) is 1. The van der Waals surface area contributed by atoms with Gasteiger partial charge < -0.3 is 25.6 Å². The van der Waals surface area contributed by atoms with Crippen molar-refractivity contribution < 1.29 is 9.53 Å². The monoisotopic (exact) mass is 469 g/mol. The lowest BCUT2D eigenvalue weighted by Gasteiger charge is -2.20. The highest BCUT2D eigenvalue weighted by Crippen LogP contribution is 2.08. The van der Waals surface area contributed by atoms with E-state index in [1.54, 1.807) is 7.05 Å². The number of nitrogens with one attached hydrogen (secondary N) is 3. The molecule has 7 nitrogen and oxygen atoms in total. The molecule has 1 heterocycles. The fraction of sp³-hybridized carbons (Fsp3) is 0.882. The van der Waals surface area contributed by atoms with Crippen LogP contribution in [-0.2, 0) is 4.74 Å². The number of unbranched alkanes of at least 4 members (excludes halogenated alkanes) is 1. The van der Waals surface area contributed by atoms with E-state index < -0.39 is 11.7 Å². The normalized spacial score (nSPS) is 15.4. The predicted octanol–water partition coefficient (Wildman–Crippen LogP) is 2.17. The minimum Gasteiger partial charge on any atom is -0.444 e. The zero-order valence-corrected chi connectivity index (χ0v) is 18.5. The molecule has 0 spiro atoms. The van der Waals surface area contributed by atoms with Gasteiger partial charge in [0.2, 0.25) is 0 Å². The Bertz CT molecular complexity index is 393. The average molecular weight is 469 g/mol. The summed E-state index contributed by atoms with van der Waals surface area (Å²) in [5.74, 6) is 0.766. The van der Waals surface area contributed by atoms with Crippen LogP contribution in [0, 0.1) is 0 Å². The van der Waals surface area contributed by atoms with E-state index in [2.05, 4.69) is 25.8 Å². The van der Waals surface area contributed by atoms with Gasteiger partial charge in [0.1, 0.15) is 5.60 Å². The molecule has 3 N–H and O–H groups in total. The third-order valence-corrected chi connectivity index (χ3v) is 3.70. The van der Waals surface area contributed by atoms with Crippen LogP contribution in [0.2, 0.25) is 0 Å². The number of guanidine groups is 1. The van der Waals surface area contributed by atoms with Crippen LogP contribution in [0.15, 0.2) is 4.99 Å². The summed E-state index contributed by atoms with van der Waals surface area (Å²) in [5.41, 5.74) is -0.468. The fourth-order valence-corrected chi connectivity index (χ4v) is 2.55. The number of halogens is 1. The number of alkyl carbamates (subject to hydrolysis) is 1. The number of rotatable bonds is 8. The molecule has 0 unspecified atom stereocenters. The molecule has 1 fully saturated rings. The Morgan fingerprint density at radius 2 is 1.64 bits per heavy atom. The van der Waals surface area contributed by atoms with Crippen molar-refractivity contribution >= 4 is 36.0 Å². The quantitative estimate of drug-likeness (QED) is 0.220. The number of amides is 1. The number of hydrogen-bond acceptors (Lipinski definition) is 4. The molecule has 1 aliphatic heterocycles. The summed E-state index contributed by atoms with van der Waals surface area (Å²) in [6.07, 6.45) is 4.66. The third kappa shape index (κ3) is 13.1. The molecule has 0 aromatic carbocycles. The maximum atomic E-state index is 11.5. The highest BCUT2D eigenvalue weighted by atomic mass is 127. The van der Waals surface area contributed by atoms with Gasteiger partial charge in [-0.1, -0.05) is 0 Å². The number of aliphatic imine (C=N–C) groups is 1. The highest BCUT2D eigenvalue weighted by Gasteiger charge is 2.15. The van der Waals surface area contributed by atoms with E-state index in [0.717, 1.165) is 18.9 Å². The molecular formula is C17H36IN5O2. The molecule has 8 heteroatoms. The van der Waals surface area contributed by atoms with Gasteiger partial charge in [-0.15, -0.1) is 24.0 Å². The van der Waals surface area contributed by atoms with Crippen molar-refractivity contribution in [1.82, 2.24) is 20.9 Å². The van der Waals surface area contributed by atoms with Crippen molar-refractivity contribution in [2.45, 2.75) is 52.1 Å². The molecule has 0 aromatic heterocycles. The number of nitrogens with zero attached hydrogens (tertiary/aromatic N) is 2. The lowest BCUT2D eigenvalue weighted by atomic mass is 10.2. The van der Waals surface area contributed by atoms with Crippen molar-refractivity contribution in [2.75, 3.05) is 46.3 Å². The van der Waals surface area contributed by atoms with E-state index in [-0.39, 0.29) is 24.0 Å². The van der Waals surface area contributed by atoms with Gasteiger partial charge in [0.25, 0.3) is 0 Å². The number of ether oxygens (including phenoxy) is 1. The molecule has 1 rings (SSSR count). The molecule has 0 saturated carbocycles. The standard InChI is InChI=1S/C17H35N5O2.HI/c1-17(2,3)24-16(23)21-11-10-20-15(18-4)19-9-5-6-12-22-13-7-8-14-22;/h5-14H2,1-4H3,(H,21,23)(H2,18,19,20);1H. The Hall–Kier alpha value is -0.770. The second kappa shape index (κ2) is 13.4. The van der Waals surface area contributed by atoms with Crippen molar-refractivity contribution in [3.63, 3.8) is 0 Å². The SMILES string of the molecule is CN=C(NCCCCN1CCCC1)NCCNC(=O)OC(C)(C)C.I. The van der Waals surface area contributed by atoms with Gasteiger partial charge in [0, 0.05) is 26.7 Å². The number of hydrogen-bond donors (Lipinski definition) is 3. The molecule has 0 aliphatic carbocycles. The molecule has 0 atom stereocenters. The van der Waals surface area contributed by atoms with Crippen LogP contribution < -0.4 is 16.0 Å². The molecule has 1 saturated heterocycles. The largest absolute Gasteiger partial charge is 0.444 e. The van der Waals surface area contributed by atoms with Crippen molar-refractivity contribution in [3.8, 4) is 0 Å². The first-order chi connectivity index (χ1) is 11.4. The first-order valence-corrected chi connectivity index (χ1v) is 9.04. The van der Waals surface area contributed by atoms with Gasteiger partial charge in [-0.2, -0.15) is 0 Å². The van der Waals surface area contributed by atoms with Gasteiger partial charge in [0.05, 0.1) is 0 Å². The van der Waals surface area contributed by atoms with Crippen LogP contribution in [0.1, 0.15) is 46.5 Å². The minimum atomic E-state index is -0.468. The number of carbonyl (C=O) groups excluding carboxylic acids is 1. The van der Waals surface area contributed by atoms with Gasteiger partial charge in [0.15, 0.2) is 5.96 Å². The van der Waals surface area contributed by atoms with Crippen LogP contribution in [0.25, 0.3) is 0 Å². The molecule has 25 heavy (non-hydrogen) atoms. The molecule has 0 radical (unpaired) electrons. The van der Waals surface area contributed by atoms with Crippen molar-refractivity contribution in [2.24, 2.45) is 4.99 Å². The topological polar surface area (TPSA) is 78.0 Å². The summed E-state index contributed by atoms with van der Waals surface area (Å²) in [6, 6.07) is 0. The van der Waals surface area contributed by atoms with E-state index in [4.69, 9.17) is 4.74 Å². The highest BCUT2D eigenvalue weighted by molar-refractivity contribution is 14.0. The maximum absolute atomic E-state index is 11.5. The zero-order valence-electron chi connectivity index (χ0n) is 16.2. The van der Waals surface area contributed by atoms with Gasteiger partial charge >= 0.3 is 6.09 Å². The predicted molar refractivity (Wildman–Crippen MR) is 114 cm³/mol. The second-order valence-corrected chi connectivity index (χ2v) is 7.11. The summed E-state index contributed by atoms with van der Waals surface area (Å²) < 4.78 is 5.18. The first-order valence-electron chi connectivity index (χ1n) is 9.04. The number of carbonyl (C=O) groups is 1. The smallest absolute Gasteiger partial charge is 0.407 e. The second-order valence-electron chi connectivity index (χ2n) is 7.11. The summed E-state index contributed by atoms with van der Waals surface area (Å²) in [7, 11) is 1.75. The van der Waals surface area contributed by atoms with Gasteiger partial charge in [-0.3, -0.25) is 4.99 Å². The molecule has 1 amide bonds. The third-order valence-electron chi connectivity index (χ3n) is 3.70. The average Bonchev–Trinajstić information content (AvgIpc) is 3.00. The van der Waals surface area contributed by atoms with Crippen LogP contribution in [-0.4, -0.2) is 68.9 Å². The summed E-state index contributed by atoms with van der Waals surface area (Å²) >= 11 is 0.